The molecule has 0 aromatic heterocycles. The minimum atomic E-state index is -4.17. The molecule has 0 rings (SSSR count). The predicted molar refractivity (Wildman–Crippen MR) is 175 cm³/mol. The molecule has 0 amide bonds. The lowest BCUT2D eigenvalue weighted by atomic mass is 10.0. The van der Waals surface area contributed by atoms with E-state index in [0.29, 0.717) is 43.9 Å². The van der Waals surface area contributed by atoms with Crippen LogP contribution in [0.25, 0.3) is 0 Å². The highest BCUT2D eigenvalue weighted by molar-refractivity contribution is 7.47. The summed E-state index contributed by atoms with van der Waals surface area (Å²) in [5.74, 6) is -0.149. The van der Waals surface area contributed by atoms with E-state index in [0.717, 1.165) is 38.5 Å². The molecular formula is C33H69NO8P+. The van der Waals surface area contributed by atoms with Crippen molar-refractivity contribution in [2.45, 2.75) is 142 Å². The van der Waals surface area contributed by atoms with Crippen molar-refractivity contribution in [2.24, 2.45) is 0 Å². The fourth-order valence-electron chi connectivity index (χ4n) is 4.61. The smallest absolute Gasteiger partial charge is 0.466 e. The fraction of sp³-hybridized carbons (Fsp3) is 0.970. The monoisotopic (exact) mass is 638 g/mol. The molecular weight excluding hydrogens is 569 g/mol. The highest BCUT2D eigenvalue weighted by Crippen LogP contribution is 2.43. The second-order valence-electron chi connectivity index (χ2n) is 12.7. The van der Waals surface area contributed by atoms with E-state index in [1.165, 1.54) is 77.0 Å². The van der Waals surface area contributed by atoms with E-state index in [2.05, 4.69) is 6.92 Å². The van der Waals surface area contributed by atoms with E-state index in [9.17, 15) is 14.3 Å². The van der Waals surface area contributed by atoms with Gasteiger partial charge in [-0.3, -0.25) is 13.8 Å². The van der Waals surface area contributed by atoms with Gasteiger partial charge < -0.3 is 23.6 Å². The molecule has 0 saturated carbocycles. The van der Waals surface area contributed by atoms with Gasteiger partial charge in [0.25, 0.3) is 0 Å². The molecule has 0 aliphatic heterocycles. The lowest BCUT2D eigenvalue weighted by molar-refractivity contribution is -0.870. The first kappa shape index (κ1) is 42.5. The van der Waals surface area contributed by atoms with Crippen LogP contribution in [0.4, 0.5) is 0 Å². The summed E-state index contributed by atoms with van der Waals surface area (Å²) >= 11 is 0. The van der Waals surface area contributed by atoms with Crippen LogP contribution in [0.1, 0.15) is 136 Å². The van der Waals surface area contributed by atoms with Crippen LogP contribution in [-0.4, -0.2) is 88.8 Å². The van der Waals surface area contributed by atoms with Crippen LogP contribution in [0.3, 0.4) is 0 Å². The van der Waals surface area contributed by atoms with Crippen LogP contribution in [0.15, 0.2) is 0 Å². The Morgan fingerprint density at radius 3 is 1.72 bits per heavy atom. The average molecular weight is 639 g/mol. The Morgan fingerprint density at radius 1 is 0.674 bits per heavy atom. The normalized spacial score (nSPS) is 14.1. The topological polar surface area (TPSA) is 101 Å². The van der Waals surface area contributed by atoms with E-state index >= 15 is 0 Å². The molecule has 0 fully saturated rings. The second kappa shape index (κ2) is 28.9. The largest absolute Gasteiger partial charge is 0.472 e. The van der Waals surface area contributed by atoms with E-state index in [1.807, 2.05) is 28.1 Å². The predicted octanol–water partition coefficient (Wildman–Crippen LogP) is 8.22. The first-order valence-electron chi connectivity index (χ1n) is 17.4. The fourth-order valence-corrected chi connectivity index (χ4v) is 5.35. The van der Waals surface area contributed by atoms with E-state index in [4.69, 9.17) is 23.3 Å². The molecule has 0 saturated heterocycles. The Hall–Kier alpha value is -0.540. The lowest BCUT2D eigenvalue weighted by Gasteiger charge is -2.24. The maximum Gasteiger partial charge on any atom is 0.472 e. The summed E-state index contributed by atoms with van der Waals surface area (Å²) in [6.45, 7) is 6.59. The van der Waals surface area contributed by atoms with Crippen molar-refractivity contribution in [2.75, 3.05) is 67.3 Å². The van der Waals surface area contributed by atoms with Gasteiger partial charge in [-0.2, -0.15) is 0 Å². The number of phosphoric acid groups is 1. The van der Waals surface area contributed by atoms with E-state index < -0.39 is 13.9 Å². The molecule has 0 aromatic rings. The molecule has 1 unspecified atom stereocenters. The van der Waals surface area contributed by atoms with Crippen LogP contribution in [0.5, 0.6) is 0 Å². The van der Waals surface area contributed by atoms with Gasteiger partial charge in [0.2, 0.25) is 0 Å². The van der Waals surface area contributed by atoms with Crippen molar-refractivity contribution >= 4 is 13.8 Å². The van der Waals surface area contributed by atoms with Crippen LogP contribution in [0.2, 0.25) is 0 Å². The highest BCUT2D eigenvalue weighted by Gasteiger charge is 2.25. The van der Waals surface area contributed by atoms with Gasteiger partial charge in [-0.05, 0) is 26.2 Å². The summed E-state index contributed by atoms with van der Waals surface area (Å²) in [5, 5.41) is 0. The quantitative estimate of drug-likeness (QED) is 0.0332. The third kappa shape index (κ3) is 32.7. The van der Waals surface area contributed by atoms with Gasteiger partial charge in [0, 0.05) is 19.6 Å². The molecule has 10 heteroatoms. The van der Waals surface area contributed by atoms with Crippen molar-refractivity contribution in [1.29, 1.82) is 0 Å². The maximum atomic E-state index is 12.3. The number of likely N-dealkylation sites (N-methyl/N-ethyl adjacent to an activating group) is 1. The summed E-state index contributed by atoms with van der Waals surface area (Å²) in [6, 6.07) is 0. The Kier molecular flexibility index (Phi) is 28.5. The maximum absolute atomic E-state index is 12.3. The standard InChI is InChI=1S/C33H68NO8P/c1-6-8-9-10-11-12-13-14-15-16-17-18-20-23-27-38-30-32(31-42-43(36,37)41-29-26-34(3,4)5)40-28-24-21-19-22-25-33(35)39-7-2/h32H,6-31H2,1-5H3/p+1/t32-/m1/s1. The van der Waals surface area contributed by atoms with Gasteiger partial charge in [0.1, 0.15) is 19.3 Å². The second-order valence-corrected chi connectivity index (χ2v) is 14.2. The number of esters is 1. The van der Waals surface area contributed by atoms with Crippen molar-refractivity contribution in [3.05, 3.63) is 0 Å². The summed E-state index contributed by atoms with van der Waals surface area (Å²) in [6.07, 6.45) is 21.9. The number of nitrogens with zero attached hydrogens (tertiary/aromatic N) is 1. The van der Waals surface area contributed by atoms with Crippen LogP contribution < -0.4 is 0 Å². The number of phosphoric ester groups is 1. The summed E-state index contributed by atoms with van der Waals surface area (Å²) in [5.41, 5.74) is 0. The summed E-state index contributed by atoms with van der Waals surface area (Å²) in [4.78, 5) is 21.5. The number of ether oxygens (including phenoxy) is 3. The van der Waals surface area contributed by atoms with Crippen molar-refractivity contribution in [1.82, 2.24) is 0 Å². The Bertz CT molecular complexity index is 674. The van der Waals surface area contributed by atoms with Gasteiger partial charge in [0.15, 0.2) is 0 Å². The van der Waals surface area contributed by atoms with Crippen molar-refractivity contribution in [3.63, 3.8) is 0 Å². The first-order valence-corrected chi connectivity index (χ1v) is 18.9. The van der Waals surface area contributed by atoms with Gasteiger partial charge in [-0.1, -0.05) is 103 Å². The molecule has 43 heavy (non-hydrogen) atoms. The summed E-state index contributed by atoms with van der Waals surface area (Å²) < 4.78 is 40.1. The molecule has 0 heterocycles. The zero-order valence-corrected chi connectivity index (χ0v) is 29.6. The average Bonchev–Trinajstić information content (AvgIpc) is 2.94. The number of hydrogen-bond acceptors (Lipinski definition) is 7. The highest BCUT2D eigenvalue weighted by atomic mass is 31.2. The van der Waals surface area contributed by atoms with Crippen molar-refractivity contribution < 1.29 is 42.0 Å². The third-order valence-electron chi connectivity index (χ3n) is 7.32. The summed E-state index contributed by atoms with van der Waals surface area (Å²) in [7, 11) is 1.80. The molecule has 258 valence electrons. The van der Waals surface area contributed by atoms with Crippen molar-refractivity contribution in [3.8, 4) is 0 Å². The molecule has 0 aliphatic carbocycles. The van der Waals surface area contributed by atoms with Gasteiger partial charge in [0.05, 0.1) is 41.0 Å². The number of unbranched alkanes of at least 4 members (excludes halogenated alkanes) is 16. The zero-order valence-electron chi connectivity index (χ0n) is 28.7. The minimum absolute atomic E-state index is 0.0697. The van der Waals surface area contributed by atoms with Gasteiger partial charge in [-0.15, -0.1) is 0 Å². The van der Waals surface area contributed by atoms with E-state index in [1.54, 1.807) is 0 Å². The Balaban J connectivity index is 4.14. The third-order valence-corrected chi connectivity index (χ3v) is 8.30. The minimum Gasteiger partial charge on any atom is -0.466 e. The number of rotatable bonds is 33. The number of hydrogen-bond donors (Lipinski definition) is 1. The van der Waals surface area contributed by atoms with Crippen LogP contribution >= 0.6 is 7.82 Å². The van der Waals surface area contributed by atoms with E-state index in [-0.39, 0.29) is 19.2 Å². The lowest BCUT2D eigenvalue weighted by Crippen LogP contribution is -2.37. The molecule has 0 aromatic carbocycles. The molecule has 1 N–H and O–H groups in total. The van der Waals surface area contributed by atoms with Gasteiger partial charge in [-0.25, -0.2) is 4.57 Å². The van der Waals surface area contributed by atoms with Crippen LogP contribution in [0, 0.1) is 0 Å². The number of carbonyl (C=O) groups is 1. The number of quaternary nitrogens is 1. The number of carbonyl (C=O) groups excluding carboxylic acids is 1. The zero-order chi connectivity index (χ0) is 32.1. The molecule has 0 aliphatic rings. The SMILES string of the molecule is CCCCCCCCCCCCCCCCOC[C@H](COP(=O)(O)OCC[N+](C)(C)C)OCCCCCCC(=O)OCC. The molecule has 0 spiro atoms. The molecule has 2 atom stereocenters. The van der Waals surface area contributed by atoms with Crippen LogP contribution in [-0.2, 0) is 32.6 Å². The first-order chi connectivity index (χ1) is 20.6. The van der Waals surface area contributed by atoms with Gasteiger partial charge >= 0.3 is 13.8 Å². The Morgan fingerprint density at radius 2 is 1.19 bits per heavy atom. The molecule has 9 nitrogen and oxygen atoms in total. The molecule has 0 radical (unpaired) electrons. The Labute approximate surface area is 264 Å². The molecule has 0 bridgehead atoms.